The molecule has 2 heterocycles. The molecule has 0 bridgehead atoms. The van der Waals surface area contributed by atoms with Crippen molar-refractivity contribution in [3.8, 4) is 11.6 Å². The van der Waals surface area contributed by atoms with E-state index in [0.29, 0.717) is 12.5 Å². The summed E-state index contributed by atoms with van der Waals surface area (Å²) in [5, 5.41) is 0. The van der Waals surface area contributed by atoms with Crippen LogP contribution in [0.2, 0.25) is 0 Å². The summed E-state index contributed by atoms with van der Waals surface area (Å²) in [4.78, 5) is 4.62. The molecule has 0 atom stereocenters. The topological polar surface area (TPSA) is 50.7 Å². The van der Waals surface area contributed by atoms with Crippen LogP contribution in [0.25, 0.3) is 0 Å². The third-order valence-corrected chi connectivity index (χ3v) is 5.78. The van der Waals surface area contributed by atoms with Gasteiger partial charge in [0.15, 0.2) is 0 Å². The van der Waals surface area contributed by atoms with Crippen LogP contribution in [0.15, 0.2) is 53.0 Å². The molecule has 6 nitrogen and oxygen atoms in total. The minimum Gasteiger partial charge on any atom is -0.497 e. The van der Waals surface area contributed by atoms with Gasteiger partial charge in [-0.2, -0.15) is 4.37 Å². The average Bonchev–Trinajstić information content (AvgIpc) is 3.22. The number of rotatable bonds is 6. The molecule has 8 heteroatoms. The Morgan fingerprint density at radius 1 is 0.929 bits per heavy atom. The van der Waals surface area contributed by atoms with Gasteiger partial charge in [0.2, 0.25) is 5.82 Å². The third kappa shape index (κ3) is 4.39. The number of hydrogen-bond acceptors (Lipinski definition) is 7. The first-order chi connectivity index (χ1) is 13.7. The molecule has 0 radical (unpaired) electrons. The molecule has 2 aromatic carbocycles. The Labute approximate surface area is 177 Å². The number of nitrogens with zero attached hydrogens (tertiary/aromatic N) is 4. The van der Waals surface area contributed by atoms with E-state index in [1.807, 2.05) is 36.4 Å². The van der Waals surface area contributed by atoms with Crippen LogP contribution in [0.5, 0.6) is 11.6 Å². The second-order valence-corrected chi connectivity index (χ2v) is 7.92. The number of anilines is 2. The zero-order valence-corrected chi connectivity index (χ0v) is 17.9. The highest BCUT2D eigenvalue weighted by Crippen LogP contribution is 2.29. The fraction of sp³-hybridized carbons (Fsp3) is 0.300. The summed E-state index contributed by atoms with van der Waals surface area (Å²) in [6.07, 6.45) is 0. The van der Waals surface area contributed by atoms with E-state index in [4.69, 9.17) is 9.47 Å². The number of benzene rings is 2. The summed E-state index contributed by atoms with van der Waals surface area (Å²) in [5.74, 6) is 2.34. The van der Waals surface area contributed by atoms with Gasteiger partial charge in [-0.25, -0.2) is 0 Å². The Balaban J connectivity index is 1.35. The highest BCUT2D eigenvalue weighted by atomic mass is 79.9. The van der Waals surface area contributed by atoms with Gasteiger partial charge in [-0.1, -0.05) is 28.1 Å². The first kappa shape index (κ1) is 19.0. The van der Waals surface area contributed by atoms with Crippen LogP contribution in [0.1, 0.15) is 5.56 Å². The number of piperazine rings is 1. The van der Waals surface area contributed by atoms with Crippen molar-refractivity contribution >= 4 is 39.2 Å². The number of halogens is 1. The van der Waals surface area contributed by atoms with Gasteiger partial charge in [-0.15, -0.1) is 4.37 Å². The Morgan fingerprint density at radius 2 is 1.61 bits per heavy atom. The molecule has 0 aliphatic carbocycles. The van der Waals surface area contributed by atoms with Gasteiger partial charge in [0.25, 0.3) is 5.88 Å². The monoisotopic (exact) mass is 460 g/mol. The lowest BCUT2D eigenvalue weighted by atomic mass is 10.2. The summed E-state index contributed by atoms with van der Waals surface area (Å²) in [6.45, 7) is 4.10. The molecule has 28 heavy (non-hydrogen) atoms. The van der Waals surface area contributed by atoms with Crippen molar-refractivity contribution in [2.45, 2.75) is 6.61 Å². The fourth-order valence-electron chi connectivity index (χ4n) is 3.16. The highest BCUT2D eigenvalue weighted by Gasteiger charge is 2.23. The zero-order valence-electron chi connectivity index (χ0n) is 15.5. The van der Waals surface area contributed by atoms with Crippen LogP contribution >= 0.6 is 27.7 Å². The third-order valence-electron chi connectivity index (χ3n) is 4.75. The lowest BCUT2D eigenvalue weighted by Gasteiger charge is -2.36. The van der Waals surface area contributed by atoms with E-state index in [-0.39, 0.29) is 0 Å². The van der Waals surface area contributed by atoms with E-state index in [0.717, 1.165) is 47.8 Å². The van der Waals surface area contributed by atoms with Crippen molar-refractivity contribution < 1.29 is 9.47 Å². The van der Waals surface area contributed by atoms with Gasteiger partial charge in [0.1, 0.15) is 12.4 Å². The predicted molar refractivity (Wildman–Crippen MR) is 116 cm³/mol. The minimum absolute atomic E-state index is 0.484. The van der Waals surface area contributed by atoms with E-state index in [1.54, 1.807) is 7.11 Å². The molecule has 0 spiro atoms. The maximum absolute atomic E-state index is 5.95. The van der Waals surface area contributed by atoms with Crippen LogP contribution in [0.3, 0.4) is 0 Å². The minimum atomic E-state index is 0.484. The number of ether oxygens (including phenoxy) is 2. The lowest BCUT2D eigenvalue weighted by Crippen LogP contribution is -2.46. The van der Waals surface area contributed by atoms with E-state index < -0.39 is 0 Å². The molecule has 0 N–H and O–H groups in total. The highest BCUT2D eigenvalue weighted by molar-refractivity contribution is 9.10. The molecular weight excluding hydrogens is 440 g/mol. The van der Waals surface area contributed by atoms with Crippen molar-refractivity contribution in [3.63, 3.8) is 0 Å². The van der Waals surface area contributed by atoms with Crippen LogP contribution < -0.4 is 19.3 Å². The van der Waals surface area contributed by atoms with Crippen molar-refractivity contribution in [1.29, 1.82) is 0 Å². The van der Waals surface area contributed by atoms with Crippen LogP contribution in [-0.4, -0.2) is 42.0 Å². The molecule has 4 rings (SSSR count). The molecule has 1 aliphatic rings. The van der Waals surface area contributed by atoms with Crippen molar-refractivity contribution in [3.05, 3.63) is 58.6 Å². The average molecular weight is 461 g/mol. The van der Waals surface area contributed by atoms with Gasteiger partial charge in [0, 0.05) is 36.3 Å². The maximum atomic E-state index is 5.95. The second-order valence-electron chi connectivity index (χ2n) is 6.48. The molecule has 3 aromatic rings. The summed E-state index contributed by atoms with van der Waals surface area (Å²) in [5.41, 5.74) is 2.31. The molecule has 1 fully saturated rings. The lowest BCUT2D eigenvalue weighted by molar-refractivity contribution is 0.296. The molecule has 0 amide bonds. The molecule has 1 aliphatic heterocycles. The predicted octanol–water partition coefficient (Wildman–Crippen LogP) is 4.21. The second kappa shape index (κ2) is 8.79. The number of hydrogen-bond donors (Lipinski definition) is 0. The molecule has 1 saturated heterocycles. The van der Waals surface area contributed by atoms with Gasteiger partial charge in [0.05, 0.1) is 18.8 Å². The Morgan fingerprint density at radius 3 is 2.29 bits per heavy atom. The van der Waals surface area contributed by atoms with E-state index >= 15 is 0 Å². The van der Waals surface area contributed by atoms with Crippen molar-refractivity contribution in [1.82, 2.24) is 8.75 Å². The van der Waals surface area contributed by atoms with Crippen LogP contribution in [0, 0.1) is 0 Å². The van der Waals surface area contributed by atoms with Gasteiger partial charge in [-0.3, -0.25) is 0 Å². The standard InChI is InChI=1S/C20H21BrN4O2S/c1-26-18-8-6-17(7-9-18)24-10-12-25(13-11-24)19-20(23-28-22-19)27-14-15-2-4-16(21)5-3-15/h2-9H,10-14H2,1H3. The maximum Gasteiger partial charge on any atom is 0.271 e. The Hall–Kier alpha value is -2.32. The van der Waals surface area contributed by atoms with Gasteiger partial charge >= 0.3 is 0 Å². The summed E-state index contributed by atoms with van der Waals surface area (Å²) >= 11 is 4.65. The van der Waals surface area contributed by atoms with E-state index in [2.05, 4.69) is 46.6 Å². The Bertz CT molecular complexity index is 893. The molecule has 0 saturated carbocycles. The number of aromatic nitrogens is 2. The normalized spacial score (nSPS) is 14.2. The molecular formula is C20H21BrN4O2S. The first-order valence-corrected chi connectivity index (χ1v) is 10.6. The Kier molecular flexibility index (Phi) is 5.97. The van der Waals surface area contributed by atoms with Crippen molar-refractivity contribution in [2.75, 3.05) is 43.1 Å². The van der Waals surface area contributed by atoms with E-state index in [1.165, 1.54) is 17.4 Å². The van der Waals surface area contributed by atoms with Crippen molar-refractivity contribution in [2.24, 2.45) is 0 Å². The largest absolute Gasteiger partial charge is 0.497 e. The van der Waals surface area contributed by atoms with Gasteiger partial charge < -0.3 is 19.3 Å². The smallest absolute Gasteiger partial charge is 0.271 e. The molecule has 1 aromatic heterocycles. The van der Waals surface area contributed by atoms with Crippen LogP contribution in [-0.2, 0) is 6.61 Å². The SMILES string of the molecule is COc1ccc(N2CCN(c3nsnc3OCc3ccc(Br)cc3)CC2)cc1. The van der Waals surface area contributed by atoms with E-state index in [9.17, 15) is 0 Å². The fourth-order valence-corrected chi connectivity index (χ4v) is 3.95. The summed E-state index contributed by atoms with van der Waals surface area (Å²) in [7, 11) is 1.69. The quantitative estimate of drug-likeness (QED) is 0.548. The summed E-state index contributed by atoms with van der Waals surface area (Å²) < 4.78 is 21.1. The molecule has 0 unspecified atom stereocenters. The summed E-state index contributed by atoms with van der Waals surface area (Å²) in [6, 6.07) is 16.3. The molecule has 146 valence electrons. The van der Waals surface area contributed by atoms with Crippen LogP contribution in [0.4, 0.5) is 11.5 Å². The van der Waals surface area contributed by atoms with Gasteiger partial charge in [-0.05, 0) is 42.0 Å². The zero-order chi connectivity index (χ0) is 19.3. The first-order valence-electron chi connectivity index (χ1n) is 9.06. The number of methoxy groups -OCH3 is 1.